The smallest absolute Gasteiger partial charge is 0.298 e. The number of rotatable bonds is 4. The molecule has 1 aromatic heterocycles. The second kappa shape index (κ2) is 4.65. The number of nitrogens with two attached hydrogens (primary N) is 1. The molecule has 0 aliphatic carbocycles. The number of hydrogen-bond donors (Lipinski definition) is 1. The molecule has 0 bridgehead atoms. The van der Waals surface area contributed by atoms with Crippen molar-refractivity contribution < 1.29 is 4.42 Å². The Balaban J connectivity index is 2.25. The summed E-state index contributed by atoms with van der Waals surface area (Å²) >= 11 is 1.80. The van der Waals surface area contributed by atoms with E-state index in [4.69, 9.17) is 10.2 Å². The van der Waals surface area contributed by atoms with E-state index in [1.165, 1.54) is 0 Å². The van der Waals surface area contributed by atoms with Crippen molar-refractivity contribution in [2.75, 3.05) is 36.2 Å². The van der Waals surface area contributed by atoms with Gasteiger partial charge in [-0.15, -0.1) is 0 Å². The molecule has 2 rings (SSSR count). The van der Waals surface area contributed by atoms with Gasteiger partial charge in [0.15, 0.2) is 5.58 Å². The number of benzene rings is 1. The first kappa shape index (κ1) is 11.1. The molecule has 0 fully saturated rings. The van der Waals surface area contributed by atoms with Crippen LogP contribution in [0.15, 0.2) is 22.6 Å². The molecular weight excluding hydrogens is 222 g/mol. The van der Waals surface area contributed by atoms with Gasteiger partial charge in [-0.2, -0.15) is 16.7 Å². The quantitative estimate of drug-likeness (QED) is 0.826. The van der Waals surface area contributed by atoms with Crippen molar-refractivity contribution in [2.24, 2.45) is 0 Å². The van der Waals surface area contributed by atoms with Crippen LogP contribution in [0.1, 0.15) is 0 Å². The van der Waals surface area contributed by atoms with E-state index in [9.17, 15) is 0 Å². The first-order chi connectivity index (χ1) is 7.70. The number of nitrogens with zero attached hydrogens (tertiary/aromatic N) is 2. The van der Waals surface area contributed by atoms with Crippen LogP contribution in [-0.4, -0.2) is 30.6 Å². The molecule has 2 N–H and O–H groups in total. The van der Waals surface area contributed by atoms with E-state index in [2.05, 4.69) is 11.2 Å². The van der Waals surface area contributed by atoms with E-state index in [0.29, 0.717) is 11.7 Å². The van der Waals surface area contributed by atoms with Gasteiger partial charge in [0.1, 0.15) is 5.52 Å². The molecule has 0 amide bonds. The van der Waals surface area contributed by atoms with Gasteiger partial charge in [-0.05, 0) is 24.5 Å². The molecular formula is C11H15N3OS. The molecule has 0 saturated carbocycles. The second-order valence-electron chi connectivity index (χ2n) is 3.64. The minimum atomic E-state index is 0.648. The Hall–Kier alpha value is -1.36. The molecule has 1 heterocycles. The van der Waals surface area contributed by atoms with Crippen molar-refractivity contribution >= 4 is 34.6 Å². The van der Waals surface area contributed by atoms with Gasteiger partial charge in [-0.1, -0.05) is 0 Å². The largest absolute Gasteiger partial charge is 0.423 e. The lowest BCUT2D eigenvalue weighted by atomic mass is 10.3. The Kier molecular flexibility index (Phi) is 3.24. The maximum Gasteiger partial charge on any atom is 0.298 e. The molecule has 1 aromatic carbocycles. The normalized spacial score (nSPS) is 10.9. The van der Waals surface area contributed by atoms with Crippen LogP contribution in [0, 0.1) is 0 Å². The molecule has 0 radical (unpaired) electrons. The summed E-state index contributed by atoms with van der Waals surface area (Å²) < 4.78 is 5.63. The van der Waals surface area contributed by atoms with Crippen LogP contribution in [0.25, 0.3) is 11.1 Å². The number of aromatic nitrogens is 1. The molecule has 0 atom stereocenters. The SMILES string of the molecule is CSCCN(C)c1nc2cc(N)ccc2o1. The third kappa shape index (κ3) is 2.24. The van der Waals surface area contributed by atoms with Gasteiger partial charge in [-0.25, -0.2) is 0 Å². The highest BCUT2D eigenvalue weighted by Crippen LogP contribution is 2.22. The first-order valence-corrected chi connectivity index (χ1v) is 6.46. The minimum Gasteiger partial charge on any atom is -0.423 e. The van der Waals surface area contributed by atoms with Gasteiger partial charge in [0.05, 0.1) is 0 Å². The van der Waals surface area contributed by atoms with Crippen LogP contribution in [-0.2, 0) is 0 Å². The molecule has 4 nitrogen and oxygen atoms in total. The molecule has 0 saturated heterocycles. The van der Waals surface area contributed by atoms with Gasteiger partial charge in [0.25, 0.3) is 6.01 Å². The third-order valence-electron chi connectivity index (χ3n) is 2.36. The van der Waals surface area contributed by atoms with E-state index in [1.807, 2.05) is 30.1 Å². The van der Waals surface area contributed by atoms with Crippen LogP contribution in [0.5, 0.6) is 0 Å². The topological polar surface area (TPSA) is 55.3 Å². The highest BCUT2D eigenvalue weighted by Gasteiger charge is 2.09. The van der Waals surface area contributed by atoms with Crippen molar-refractivity contribution in [1.29, 1.82) is 0 Å². The summed E-state index contributed by atoms with van der Waals surface area (Å²) in [6, 6.07) is 6.14. The fourth-order valence-corrected chi connectivity index (χ4v) is 1.88. The zero-order valence-corrected chi connectivity index (χ0v) is 10.3. The fourth-order valence-electron chi connectivity index (χ4n) is 1.42. The van der Waals surface area contributed by atoms with E-state index >= 15 is 0 Å². The van der Waals surface area contributed by atoms with Gasteiger partial charge in [-0.3, -0.25) is 0 Å². The predicted molar refractivity (Wildman–Crippen MR) is 70.1 cm³/mol. The van der Waals surface area contributed by atoms with E-state index < -0.39 is 0 Å². The summed E-state index contributed by atoms with van der Waals surface area (Å²) in [4.78, 5) is 6.40. The number of oxazole rings is 1. The minimum absolute atomic E-state index is 0.648. The van der Waals surface area contributed by atoms with Crippen LogP contribution >= 0.6 is 11.8 Å². The van der Waals surface area contributed by atoms with Gasteiger partial charge in [0.2, 0.25) is 0 Å². The summed E-state index contributed by atoms with van der Waals surface area (Å²) in [7, 11) is 1.98. The Labute approximate surface area is 98.8 Å². The molecule has 0 unspecified atom stereocenters. The molecule has 5 heteroatoms. The van der Waals surface area contributed by atoms with Crippen LogP contribution < -0.4 is 10.6 Å². The molecule has 0 aliphatic rings. The fraction of sp³-hybridized carbons (Fsp3) is 0.364. The standard InChI is InChI=1S/C11H15N3OS/c1-14(5-6-16-2)11-13-9-7-8(12)3-4-10(9)15-11/h3-4,7H,5-6,12H2,1-2H3. The predicted octanol–water partition coefficient (Wildman–Crippen LogP) is 2.21. The molecule has 0 spiro atoms. The van der Waals surface area contributed by atoms with Crippen LogP contribution in [0.3, 0.4) is 0 Å². The number of fused-ring (bicyclic) bond motifs is 1. The van der Waals surface area contributed by atoms with Gasteiger partial charge < -0.3 is 15.1 Å². The average molecular weight is 237 g/mol. The maximum atomic E-state index is 5.69. The van der Waals surface area contributed by atoms with Crippen molar-refractivity contribution in [2.45, 2.75) is 0 Å². The van der Waals surface area contributed by atoms with Crippen LogP contribution in [0.4, 0.5) is 11.7 Å². The zero-order chi connectivity index (χ0) is 11.5. The molecule has 16 heavy (non-hydrogen) atoms. The average Bonchev–Trinajstić information content (AvgIpc) is 2.68. The Morgan fingerprint density at radius 2 is 2.31 bits per heavy atom. The lowest BCUT2D eigenvalue weighted by Gasteiger charge is -2.12. The Bertz CT molecular complexity index is 483. The van der Waals surface area contributed by atoms with E-state index in [1.54, 1.807) is 11.8 Å². The van der Waals surface area contributed by atoms with Crippen molar-refractivity contribution in [1.82, 2.24) is 4.98 Å². The number of anilines is 2. The van der Waals surface area contributed by atoms with Crippen molar-refractivity contribution in [3.05, 3.63) is 18.2 Å². The van der Waals surface area contributed by atoms with E-state index in [0.717, 1.165) is 23.4 Å². The summed E-state index contributed by atoms with van der Waals surface area (Å²) in [5.74, 6) is 1.05. The zero-order valence-electron chi connectivity index (χ0n) is 9.43. The molecule has 0 aliphatic heterocycles. The van der Waals surface area contributed by atoms with E-state index in [-0.39, 0.29) is 0 Å². The highest BCUT2D eigenvalue weighted by molar-refractivity contribution is 7.98. The first-order valence-electron chi connectivity index (χ1n) is 5.07. The summed E-state index contributed by atoms with van der Waals surface area (Å²) in [6.45, 7) is 0.920. The van der Waals surface area contributed by atoms with Crippen LogP contribution in [0.2, 0.25) is 0 Å². The highest BCUT2D eigenvalue weighted by atomic mass is 32.2. The number of thioether (sulfide) groups is 1. The van der Waals surface area contributed by atoms with Crippen molar-refractivity contribution in [3.8, 4) is 0 Å². The number of nitrogen functional groups attached to an aromatic ring is 1. The molecule has 86 valence electrons. The lowest BCUT2D eigenvalue weighted by Crippen LogP contribution is -2.20. The monoisotopic (exact) mass is 237 g/mol. The second-order valence-corrected chi connectivity index (χ2v) is 4.62. The van der Waals surface area contributed by atoms with Gasteiger partial charge >= 0.3 is 0 Å². The summed E-state index contributed by atoms with van der Waals surface area (Å²) in [5, 5.41) is 0. The van der Waals surface area contributed by atoms with Gasteiger partial charge in [0, 0.05) is 25.0 Å². The van der Waals surface area contributed by atoms with Crippen molar-refractivity contribution in [3.63, 3.8) is 0 Å². The summed E-state index contributed by atoms with van der Waals surface area (Å²) in [6.07, 6.45) is 2.08. The summed E-state index contributed by atoms with van der Waals surface area (Å²) in [5.41, 5.74) is 7.99. The lowest BCUT2D eigenvalue weighted by molar-refractivity contribution is 0.588. The Morgan fingerprint density at radius 3 is 3.06 bits per heavy atom. The molecule has 2 aromatic rings. The maximum absolute atomic E-state index is 5.69. The Morgan fingerprint density at radius 1 is 1.50 bits per heavy atom. The third-order valence-corrected chi connectivity index (χ3v) is 2.95. The number of hydrogen-bond acceptors (Lipinski definition) is 5.